The van der Waals surface area contributed by atoms with Gasteiger partial charge in [-0.15, -0.1) is 0 Å². The monoisotopic (exact) mass is 293 g/mol. The fourth-order valence-electron chi connectivity index (χ4n) is 2.09. The number of aliphatic hydroxyl groups is 1. The highest BCUT2D eigenvalue weighted by atomic mass is 16.5. The maximum absolute atomic E-state index is 11.7. The number of para-hydroxylation sites is 1. The van der Waals surface area contributed by atoms with Crippen molar-refractivity contribution in [2.45, 2.75) is 40.5 Å². The van der Waals surface area contributed by atoms with E-state index < -0.39 is 0 Å². The van der Waals surface area contributed by atoms with E-state index in [-0.39, 0.29) is 24.5 Å². The minimum Gasteiger partial charge on any atom is -0.483 e. The molecule has 0 aromatic heterocycles. The molecule has 0 saturated carbocycles. The second-order valence-corrected chi connectivity index (χ2v) is 6.29. The number of nitrogens with one attached hydrogen (secondary N) is 1. The van der Waals surface area contributed by atoms with Crippen LogP contribution in [0.15, 0.2) is 18.2 Å². The molecular formula is C17H27NO3. The van der Waals surface area contributed by atoms with E-state index in [1.807, 2.05) is 45.9 Å². The molecular weight excluding hydrogens is 266 g/mol. The summed E-state index contributed by atoms with van der Waals surface area (Å²) in [5.74, 6) is 0.675. The summed E-state index contributed by atoms with van der Waals surface area (Å²) in [4.78, 5) is 11.7. The Morgan fingerprint density at radius 3 is 2.48 bits per heavy atom. The van der Waals surface area contributed by atoms with Crippen LogP contribution in [0.4, 0.5) is 0 Å². The number of ether oxygens (including phenoxy) is 1. The highest BCUT2D eigenvalue weighted by Gasteiger charge is 2.15. The number of aryl methyl sites for hydroxylation is 2. The molecule has 0 aliphatic carbocycles. The summed E-state index contributed by atoms with van der Waals surface area (Å²) >= 11 is 0. The van der Waals surface area contributed by atoms with Crippen LogP contribution >= 0.6 is 0 Å². The summed E-state index contributed by atoms with van der Waals surface area (Å²) in [6, 6.07) is 5.91. The van der Waals surface area contributed by atoms with Gasteiger partial charge in [-0.1, -0.05) is 32.0 Å². The summed E-state index contributed by atoms with van der Waals surface area (Å²) < 4.78 is 5.60. The topological polar surface area (TPSA) is 58.6 Å². The SMILES string of the molecule is Cc1cccc(C)c1OCC(=O)NCCCC(C)(C)CO. The number of hydrogen-bond donors (Lipinski definition) is 2. The highest BCUT2D eigenvalue weighted by Crippen LogP contribution is 2.22. The largest absolute Gasteiger partial charge is 0.483 e. The lowest BCUT2D eigenvalue weighted by atomic mass is 9.89. The van der Waals surface area contributed by atoms with Gasteiger partial charge in [-0.25, -0.2) is 0 Å². The third-order valence-corrected chi connectivity index (χ3v) is 3.54. The van der Waals surface area contributed by atoms with E-state index in [2.05, 4.69) is 5.32 Å². The van der Waals surface area contributed by atoms with E-state index in [0.717, 1.165) is 29.7 Å². The van der Waals surface area contributed by atoms with Crippen LogP contribution in [0.1, 0.15) is 37.8 Å². The van der Waals surface area contributed by atoms with Gasteiger partial charge in [0.25, 0.3) is 5.91 Å². The fraction of sp³-hybridized carbons (Fsp3) is 0.588. The molecule has 0 saturated heterocycles. The lowest BCUT2D eigenvalue weighted by molar-refractivity contribution is -0.123. The summed E-state index contributed by atoms with van der Waals surface area (Å²) in [7, 11) is 0. The Morgan fingerprint density at radius 2 is 1.90 bits per heavy atom. The molecule has 4 heteroatoms. The Balaban J connectivity index is 2.29. The molecule has 2 N–H and O–H groups in total. The molecule has 0 aliphatic rings. The van der Waals surface area contributed by atoms with Gasteiger partial charge in [0.15, 0.2) is 6.61 Å². The molecule has 1 aromatic rings. The van der Waals surface area contributed by atoms with Crippen LogP contribution in [0.5, 0.6) is 5.75 Å². The summed E-state index contributed by atoms with van der Waals surface area (Å²) in [6.45, 7) is 8.77. The molecule has 0 heterocycles. The van der Waals surface area contributed by atoms with Crippen LogP contribution in [0.3, 0.4) is 0 Å². The lowest BCUT2D eigenvalue weighted by Gasteiger charge is -2.21. The maximum Gasteiger partial charge on any atom is 0.257 e. The van der Waals surface area contributed by atoms with Crippen LogP contribution < -0.4 is 10.1 Å². The van der Waals surface area contributed by atoms with Crippen LogP contribution in [-0.2, 0) is 4.79 Å². The molecule has 118 valence electrons. The van der Waals surface area contributed by atoms with Crippen molar-refractivity contribution in [2.24, 2.45) is 5.41 Å². The van der Waals surface area contributed by atoms with Crippen molar-refractivity contribution in [3.63, 3.8) is 0 Å². The van der Waals surface area contributed by atoms with Gasteiger partial charge in [0.05, 0.1) is 0 Å². The summed E-state index contributed by atoms with van der Waals surface area (Å²) in [5.41, 5.74) is 1.99. The highest BCUT2D eigenvalue weighted by molar-refractivity contribution is 5.77. The van der Waals surface area contributed by atoms with Crippen molar-refractivity contribution in [3.8, 4) is 5.75 Å². The number of benzene rings is 1. The van der Waals surface area contributed by atoms with Gasteiger partial charge in [-0.2, -0.15) is 0 Å². The molecule has 0 aliphatic heterocycles. The zero-order valence-corrected chi connectivity index (χ0v) is 13.5. The molecule has 0 bridgehead atoms. The number of carbonyl (C=O) groups excluding carboxylic acids is 1. The van der Waals surface area contributed by atoms with Crippen molar-refractivity contribution < 1.29 is 14.6 Å². The smallest absolute Gasteiger partial charge is 0.257 e. The van der Waals surface area contributed by atoms with E-state index in [0.29, 0.717) is 6.54 Å². The molecule has 21 heavy (non-hydrogen) atoms. The molecule has 0 fully saturated rings. The standard InChI is InChI=1S/C17H27NO3/c1-13-7-5-8-14(2)16(13)21-11-15(20)18-10-6-9-17(3,4)12-19/h5,7-8,19H,6,9-12H2,1-4H3,(H,18,20). The van der Waals surface area contributed by atoms with Crippen LogP contribution in [0.25, 0.3) is 0 Å². The van der Waals surface area contributed by atoms with Gasteiger partial charge in [0, 0.05) is 13.2 Å². The first-order valence-corrected chi connectivity index (χ1v) is 7.42. The van der Waals surface area contributed by atoms with Gasteiger partial charge in [0.2, 0.25) is 0 Å². The first-order valence-electron chi connectivity index (χ1n) is 7.42. The van der Waals surface area contributed by atoms with Gasteiger partial charge in [0.1, 0.15) is 5.75 Å². The Bertz CT molecular complexity index is 449. The number of amides is 1. The van der Waals surface area contributed by atoms with Gasteiger partial charge < -0.3 is 15.2 Å². The predicted molar refractivity (Wildman–Crippen MR) is 84.5 cm³/mol. The van der Waals surface area contributed by atoms with Gasteiger partial charge in [-0.3, -0.25) is 4.79 Å². The normalized spacial score (nSPS) is 11.3. The van der Waals surface area contributed by atoms with Crippen LogP contribution in [0.2, 0.25) is 0 Å². The maximum atomic E-state index is 11.7. The molecule has 0 radical (unpaired) electrons. The molecule has 1 amide bonds. The zero-order valence-electron chi connectivity index (χ0n) is 13.5. The fourth-order valence-corrected chi connectivity index (χ4v) is 2.09. The van der Waals surface area contributed by atoms with Crippen LogP contribution in [0, 0.1) is 19.3 Å². The van der Waals surface area contributed by atoms with Crippen molar-refractivity contribution in [3.05, 3.63) is 29.3 Å². The Kier molecular flexibility index (Phi) is 6.69. The number of carbonyl (C=O) groups is 1. The quantitative estimate of drug-likeness (QED) is 0.724. The van der Waals surface area contributed by atoms with Crippen molar-refractivity contribution >= 4 is 5.91 Å². The molecule has 0 atom stereocenters. The van der Waals surface area contributed by atoms with Gasteiger partial charge >= 0.3 is 0 Å². The summed E-state index contributed by atoms with van der Waals surface area (Å²) in [6.07, 6.45) is 1.73. The first-order chi connectivity index (χ1) is 9.85. The van der Waals surface area contributed by atoms with Crippen LogP contribution in [-0.4, -0.2) is 30.8 Å². The predicted octanol–water partition coefficient (Wildman–Crippen LogP) is 2.60. The Morgan fingerprint density at radius 1 is 1.29 bits per heavy atom. The third kappa shape index (κ3) is 6.17. The van der Waals surface area contributed by atoms with E-state index in [9.17, 15) is 4.79 Å². The minimum atomic E-state index is -0.112. The number of hydrogen-bond acceptors (Lipinski definition) is 3. The second kappa shape index (κ2) is 8.03. The van der Waals surface area contributed by atoms with Crippen molar-refractivity contribution in [1.82, 2.24) is 5.32 Å². The van der Waals surface area contributed by atoms with E-state index in [1.54, 1.807) is 0 Å². The van der Waals surface area contributed by atoms with E-state index in [4.69, 9.17) is 9.84 Å². The average molecular weight is 293 g/mol. The van der Waals surface area contributed by atoms with Crippen molar-refractivity contribution in [1.29, 1.82) is 0 Å². The Labute approximate surface area is 127 Å². The van der Waals surface area contributed by atoms with E-state index >= 15 is 0 Å². The average Bonchev–Trinajstić information content (AvgIpc) is 2.43. The van der Waals surface area contributed by atoms with E-state index in [1.165, 1.54) is 0 Å². The van der Waals surface area contributed by atoms with Crippen molar-refractivity contribution in [2.75, 3.05) is 19.8 Å². The molecule has 1 rings (SSSR count). The zero-order chi connectivity index (χ0) is 15.9. The number of rotatable bonds is 8. The summed E-state index contributed by atoms with van der Waals surface area (Å²) in [5, 5.41) is 12.0. The lowest BCUT2D eigenvalue weighted by Crippen LogP contribution is -2.30. The minimum absolute atomic E-state index is 0.0368. The second-order valence-electron chi connectivity index (χ2n) is 6.29. The molecule has 1 aromatic carbocycles. The van der Waals surface area contributed by atoms with Gasteiger partial charge in [-0.05, 0) is 43.2 Å². The first kappa shape index (κ1) is 17.5. The molecule has 4 nitrogen and oxygen atoms in total. The number of aliphatic hydroxyl groups excluding tert-OH is 1. The Hall–Kier alpha value is -1.55. The molecule has 0 spiro atoms. The molecule has 0 unspecified atom stereocenters. The third-order valence-electron chi connectivity index (χ3n) is 3.54.